The van der Waals surface area contributed by atoms with E-state index in [9.17, 15) is 0 Å². The third kappa shape index (κ3) is 4.40. The number of rotatable bonds is 1. The van der Waals surface area contributed by atoms with Crippen LogP contribution >= 0.6 is 22.6 Å². The average Bonchev–Trinajstić information content (AvgIpc) is 2.23. The van der Waals surface area contributed by atoms with Crippen molar-refractivity contribution in [3.63, 3.8) is 0 Å². The van der Waals surface area contributed by atoms with Crippen LogP contribution in [0.3, 0.4) is 0 Å². The Balaban J connectivity index is 1.94. The van der Waals surface area contributed by atoms with E-state index in [0.717, 1.165) is 5.92 Å². The first-order valence-corrected chi connectivity index (χ1v) is 9.08. The Morgan fingerprint density at radius 2 is 1.00 bits per heavy atom. The molecule has 0 aromatic carbocycles. The van der Waals surface area contributed by atoms with Gasteiger partial charge >= 0.3 is 0 Å². The van der Waals surface area contributed by atoms with Crippen molar-refractivity contribution in [2.24, 2.45) is 5.92 Å². The van der Waals surface area contributed by atoms with Gasteiger partial charge in [0.25, 0.3) is 0 Å². The maximum Gasteiger partial charge on any atom is 0.0250 e. The van der Waals surface area contributed by atoms with E-state index in [1.165, 1.54) is 89.9 Å². The third-order valence-corrected chi connectivity index (χ3v) is 6.98. The molecular formula is C16H29I. The van der Waals surface area contributed by atoms with Crippen molar-refractivity contribution in [3.8, 4) is 0 Å². The van der Waals surface area contributed by atoms with Crippen LogP contribution in [-0.2, 0) is 0 Å². The Kier molecular flexibility index (Phi) is 6.12. The molecule has 0 nitrogen and oxygen atoms in total. The Morgan fingerprint density at radius 3 is 1.53 bits per heavy atom. The second-order valence-corrected chi connectivity index (χ2v) is 8.49. The summed E-state index contributed by atoms with van der Waals surface area (Å²) in [5.41, 5.74) is 0. The predicted molar refractivity (Wildman–Crippen MR) is 84.9 cm³/mol. The topological polar surface area (TPSA) is 0 Å². The van der Waals surface area contributed by atoms with Gasteiger partial charge in [0.2, 0.25) is 0 Å². The number of alkyl halides is 1. The van der Waals surface area contributed by atoms with Crippen LogP contribution < -0.4 is 0 Å². The molecule has 0 amide bonds. The van der Waals surface area contributed by atoms with E-state index in [1.54, 1.807) is 0 Å². The van der Waals surface area contributed by atoms with Gasteiger partial charge in [0, 0.05) is 3.42 Å². The second kappa shape index (κ2) is 7.35. The lowest BCUT2D eigenvalue weighted by molar-refractivity contribution is 0.266. The first kappa shape index (κ1) is 14.1. The first-order valence-electron chi connectivity index (χ1n) is 8.00. The summed E-state index contributed by atoms with van der Waals surface area (Å²) in [4.78, 5) is 0. The van der Waals surface area contributed by atoms with Gasteiger partial charge in [-0.05, 0) is 31.6 Å². The minimum absolute atomic E-state index is 0.676. The molecule has 2 rings (SSSR count). The van der Waals surface area contributed by atoms with E-state index in [2.05, 4.69) is 22.6 Å². The lowest BCUT2D eigenvalue weighted by Crippen LogP contribution is -2.32. The molecule has 1 heteroatoms. The lowest BCUT2D eigenvalue weighted by atomic mass is 9.76. The van der Waals surface area contributed by atoms with E-state index >= 15 is 0 Å². The Morgan fingerprint density at radius 1 is 0.588 bits per heavy atom. The highest BCUT2D eigenvalue weighted by Crippen LogP contribution is 2.45. The Hall–Kier alpha value is 0.730. The van der Waals surface area contributed by atoms with Gasteiger partial charge in [-0.25, -0.2) is 0 Å². The smallest absolute Gasteiger partial charge is 0.0250 e. The number of halogens is 1. The molecule has 0 unspecified atom stereocenters. The molecule has 2 saturated carbocycles. The molecule has 0 atom stereocenters. The number of hydrogen-bond donors (Lipinski definition) is 0. The zero-order valence-electron chi connectivity index (χ0n) is 11.4. The van der Waals surface area contributed by atoms with Crippen LogP contribution in [0.25, 0.3) is 0 Å². The lowest BCUT2D eigenvalue weighted by Gasteiger charge is -2.38. The molecule has 2 aliphatic rings. The molecule has 0 aromatic heterocycles. The minimum atomic E-state index is 0.676. The molecule has 0 heterocycles. The molecule has 17 heavy (non-hydrogen) atoms. The Bertz CT molecular complexity index is 196. The molecule has 0 aromatic rings. The van der Waals surface area contributed by atoms with Gasteiger partial charge in [0.1, 0.15) is 0 Å². The predicted octanol–water partition coefficient (Wildman–Crippen LogP) is 6.27. The molecule has 0 N–H and O–H groups in total. The fourth-order valence-electron chi connectivity index (χ4n) is 3.87. The zero-order valence-corrected chi connectivity index (χ0v) is 13.5. The van der Waals surface area contributed by atoms with E-state index in [4.69, 9.17) is 0 Å². The summed E-state index contributed by atoms with van der Waals surface area (Å²) in [7, 11) is 0. The van der Waals surface area contributed by atoms with Crippen molar-refractivity contribution in [2.75, 3.05) is 0 Å². The molecule has 0 bridgehead atoms. The molecule has 2 aliphatic carbocycles. The molecular weight excluding hydrogens is 319 g/mol. The van der Waals surface area contributed by atoms with Crippen molar-refractivity contribution in [2.45, 2.75) is 93.3 Å². The van der Waals surface area contributed by atoms with E-state index in [1.807, 2.05) is 0 Å². The molecule has 100 valence electrons. The van der Waals surface area contributed by atoms with Gasteiger partial charge in [0.05, 0.1) is 0 Å². The van der Waals surface area contributed by atoms with Gasteiger partial charge in [-0.1, -0.05) is 86.8 Å². The summed E-state index contributed by atoms with van der Waals surface area (Å²) >= 11 is 2.88. The van der Waals surface area contributed by atoms with Gasteiger partial charge in [-0.15, -0.1) is 0 Å². The summed E-state index contributed by atoms with van der Waals surface area (Å²) in [6.07, 6.45) is 21.1. The molecule has 0 aliphatic heterocycles. The van der Waals surface area contributed by atoms with Gasteiger partial charge in [-0.2, -0.15) is 0 Å². The molecule has 0 spiro atoms. The van der Waals surface area contributed by atoms with Crippen LogP contribution in [0.2, 0.25) is 0 Å². The highest BCUT2D eigenvalue weighted by molar-refractivity contribution is 14.1. The van der Waals surface area contributed by atoms with Crippen LogP contribution in [0.5, 0.6) is 0 Å². The van der Waals surface area contributed by atoms with Crippen molar-refractivity contribution in [1.82, 2.24) is 0 Å². The van der Waals surface area contributed by atoms with Crippen molar-refractivity contribution < 1.29 is 0 Å². The molecule has 0 radical (unpaired) electrons. The summed E-state index contributed by atoms with van der Waals surface area (Å²) in [5.74, 6) is 1.04. The van der Waals surface area contributed by atoms with Crippen molar-refractivity contribution in [1.29, 1.82) is 0 Å². The SMILES string of the molecule is IC1(C2CCCCCCC2)CCCCCCC1. The van der Waals surface area contributed by atoms with E-state index < -0.39 is 0 Å². The van der Waals surface area contributed by atoms with Crippen LogP contribution in [0.4, 0.5) is 0 Å². The monoisotopic (exact) mass is 348 g/mol. The normalized spacial score (nSPS) is 28.8. The average molecular weight is 348 g/mol. The van der Waals surface area contributed by atoms with Crippen molar-refractivity contribution >= 4 is 22.6 Å². The van der Waals surface area contributed by atoms with Crippen LogP contribution in [0.1, 0.15) is 89.9 Å². The molecule has 2 fully saturated rings. The summed E-state index contributed by atoms with van der Waals surface area (Å²) in [6.45, 7) is 0. The first-order chi connectivity index (χ1) is 8.31. The minimum Gasteiger partial charge on any atom is -0.0786 e. The van der Waals surface area contributed by atoms with E-state index in [0.29, 0.717) is 3.42 Å². The largest absolute Gasteiger partial charge is 0.0786 e. The zero-order chi connectivity index (χ0) is 12.0. The van der Waals surface area contributed by atoms with Crippen LogP contribution in [0.15, 0.2) is 0 Å². The quantitative estimate of drug-likeness (QED) is 0.387. The maximum absolute atomic E-state index is 2.88. The fourth-order valence-corrected chi connectivity index (χ4v) is 5.26. The van der Waals surface area contributed by atoms with Crippen molar-refractivity contribution in [3.05, 3.63) is 0 Å². The van der Waals surface area contributed by atoms with Gasteiger partial charge < -0.3 is 0 Å². The third-order valence-electron chi connectivity index (χ3n) is 5.02. The number of hydrogen-bond acceptors (Lipinski definition) is 0. The fraction of sp³-hybridized carbons (Fsp3) is 1.00. The highest BCUT2D eigenvalue weighted by atomic mass is 127. The molecule has 0 saturated heterocycles. The maximum atomic E-state index is 2.88. The second-order valence-electron chi connectivity index (χ2n) is 6.34. The van der Waals surface area contributed by atoms with Crippen LogP contribution in [-0.4, -0.2) is 3.42 Å². The van der Waals surface area contributed by atoms with Gasteiger partial charge in [-0.3, -0.25) is 0 Å². The standard InChI is InChI=1S/C16H29I/c17-16(13-9-5-2-6-10-14-16)15-11-7-3-1-4-8-12-15/h15H,1-14H2. The summed E-state index contributed by atoms with van der Waals surface area (Å²) in [6, 6.07) is 0. The summed E-state index contributed by atoms with van der Waals surface area (Å²) in [5, 5.41) is 0. The van der Waals surface area contributed by atoms with Crippen LogP contribution in [0, 0.1) is 5.92 Å². The van der Waals surface area contributed by atoms with Gasteiger partial charge in [0.15, 0.2) is 0 Å². The Labute approximate surface area is 121 Å². The summed E-state index contributed by atoms with van der Waals surface area (Å²) < 4.78 is 0.676. The van der Waals surface area contributed by atoms with E-state index in [-0.39, 0.29) is 0 Å². The highest BCUT2D eigenvalue weighted by Gasteiger charge is 2.35.